The molecule has 1 spiro atoms. The van der Waals surface area contributed by atoms with Gasteiger partial charge >= 0.3 is 0 Å². The van der Waals surface area contributed by atoms with Crippen LogP contribution in [0, 0.1) is 0 Å². The first-order chi connectivity index (χ1) is 18.6. The van der Waals surface area contributed by atoms with Crippen molar-refractivity contribution in [3.63, 3.8) is 0 Å². The molecule has 4 aromatic rings. The highest BCUT2D eigenvalue weighted by atomic mass is 35.5. The van der Waals surface area contributed by atoms with Crippen LogP contribution in [0.5, 0.6) is 5.75 Å². The lowest BCUT2D eigenvalue weighted by Crippen LogP contribution is -2.52. The quantitative estimate of drug-likeness (QED) is 0.357. The second-order valence-electron chi connectivity index (χ2n) is 9.52. The Kier molecular flexibility index (Phi) is 6.70. The Morgan fingerprint density at radius 3 is 2.82 bits per heavy atom. The Morgan fingerprint density at radius 2 is 2.00 bits per heavy atom. The number of aliphatic imine (C=N–C) groups is 1. The molecular weight excluding hydrogens is 502 g/mol. The van der Waals surface area contributed by atoms with Gasteiger partial charge in [0.05, 0.1) is 27.5 Å². The molecule has 0 atom stereocenters. The van der Waals surface area contributed by atoms with Crippen molar-refractivity contribution in [2.75, 3.05) is 32.1 Å². The lowest BCUT2D eigenvalue weighted by molar-refractivity contribution is 0.153. The number of aromatic nitrogens is 3. The van der Waals surface area contributed by atoms with Crippen LogP contribution in [-0.4, -0.2) is 58.2 Å². The number of hydrogen-bond acceptors (Lipinski definition) is 8. The van der Waals surface area contributed by atoms with Crippen molar-refractivity contribution >= 4 is 45.7 Å². The summed E-state index contributed by atoms with van der Waals surface area (Å²) in [6.45, 7) is 2.98. The van der Waals surface area contributed by atoms with Crippen molar-refractivity contribution in [3.05, 3.63) is 77.8 Å². The van der Waals surface area contributed by atoms with Crippen LogP contribution in [0.4, 0.5) is 17.2 Å². The molecule has 0 aliphatic carbocycles. The van der Waals surface area contributed by atoms with Crippen molar-refractivity contribution < 1.29 is 9.47 Å². The summed E-state index contributed by atoms with van der Waals surface area (Å²) in [5.41, 5.74) is 3.22. The minimum Gasteiger partial charge on any atom is -0.486 e. The van der Waals surface area contributed by atoms with E-state index in [4.69, 9.17) is 26.1 Å². The third-order valence-corrected chi connectivity index (χ3v) is 7.44. The molecule has 9 nitrogen and oxygen atoms in total. The Bertz CT molecular complexity index is 1480. The largest absolute Gasteiger partial charge is 0.486 e. The molecule has 0 bridgehead atoms. The van der Waals surface area contributed by atoms with Crippen LogP contribution in [-0.2, 0) is 11.3 Å². The number of amidine groups is 1. The number of rotatable bonds is 6. The molecule has 2 aromatic carbocycles. The van der Waals surface area contributed by atoms with Crippen molar-refractivity contribution in [2.45, 2.75) is 25.0 Å². The van der Waals surface area contributed by atoms with Crippen LogP contribution in [0.15, 0.2) is 72.1 Å². The van der Waals surface area contributed by atoms with Gasteiger partial charge in [-0.3, -0.25) is 4.98 Å². The van der Waals surface area contributed by atoms with Crippen molar-refractivity contribution in [3.8, 4) is 5.75 Å². The zero-order valence-corrected chi connectivity index (χ0v) is 21.8. The molecule has 2 N–H and O–H groups in total. The Balaban J connectivity index is 1.21. The zero-order chi connectivity index (χ0) is 26.0. The smallest absolute Gasteiger partial charge is 0.292 e. The van der Waals surface area contributed by atoms with E-state index in [2.05, 4.69) is 37.5 Å². The van der Waals surface area contributed by atoms with E-state index < -0.39 is 0 Å². The number of ether oxygens (including phenoxy) is 2. The third kappa shape index (κ3) is 4.94. The summed E-state index contributed by atoms with van der Waals surface area (Å²) in [5, 5.41) is 8.13. The van der Waals surface area contributed by atoms with Crippen molar-refractivity contribution in [1.82, 2.24) is 25.2 Å². The number of fused-ring (bicyclic) bond motifs is 1. The molecule has 6 rings (SSSR count). The van der Waals surface area contributed by atoms with Gasteiger partial charge in [-0.25, -0.2) is 9.97 Å². The fourth-order valence-electron chi connectivity index (χ4n) is 4.87. The van der Waals surface area contributed by atoms with Gasteiger partial charge < -0.3 is 25.0 Å². The molecule has 38 heavy (non-hydrogen) atoms. The summed E-state index contributed by atoms with van der Waals surface area (Å²) in [6, 6.07) is 17.8. The first-order valence-corrected chi connectivity index (χ1v) is 13.0. The van der Waals surface area contributed by atoms with E-state index in [1.54, 1.807) is 6.20 Å². The topological polar surface area (TPSA) is 96.8 Å². The predicted octanol–water partition coefficient (Wildman–Crippen LogP) is 5.07. The Labute approximate surface area is 225 Å². The van der Waals surface area contributed by atoms with Crippen LogP contribution in [0.2, 0.25) is 5.02 Å². The molecule has 0 radical (unpaired) electrons. The van der Waals surface area contributed by atoms with Gasteiger partial charge in [-0.15, -0.1) is 0 Å². The van der Waals surface area contributed by atoms with Crippen LogP contribution >= 0.6 is 11.6 Å². The van der Waals surface area contributed by atoms with E-state index in [0.29, 0.717) is 35.8 Å². The van der Waals surface area contributed by atoms with E-state index in [1.807, 2.05) is 54.6 Å². The molecule has 2 aromatic heterocycles. The van der Waals surface area contributed by atoms with Gasteiger partial charge in [-0.05, 0) is 74.5 Å². The highest BCUT2D eigenvalue weighted by Gasteiger charge is 2.44. The monoisotopic (exact) mass is 529 g/mol. The zero-order valence-electron chi connectivity index (χ0n) is 21.0. The molecule has 0 saturated carbocycles. The van der Waals surface area contributed by atoms with Gasteiger partial charge in [0.1, 0.15) is 31.1 Å². The molecule has 0 amide bonds. The number of nitrogens with one attached hydrogen (secondary N) is 2. The Morgan fingerprint density at radius 1 is 1.11 bits per heavy atom. The maximum atomic E-state index is 6.52. The van der Waals surface area contributed by atoms with E-state index in [1.165, 1.54) is 6.33 Å². The lowest BCUT2D eigenvalue weighted by atomic mass is 9.89. The number of hydrogen-bond donors (Lipinski definition) is 2. The van der Waals surface area contributed by atoms with Crippen LogP contribution in [0.3, 0.4) is 0 Å². The van der Waals surface area contributed by atoms with E-state index >= 15 is 0 Å². The highest BCUT2D eigenvalue weighted by molar-refractivity contribution is 6.32. The molecule has 0 unspecified atom stereocenters. The molecule has 2 fully saturated rings. The minimum absolute atomic E-state index is 0.0174. The molecule has 194 valence electrons. The predicted molar refractivity (Wildman–Crippen MR) is 148 cm³/mol. The van der Waals surface area contributed by atoms with E-state index in [-0.39, 0.29) is 5.54 Å². The Hall–Kier alpha value is -3.95. The summed E-state index contributed by atoms with van der Waals surface area (Å²) < 4.78 is 11.9. The van der Waals surface area contributed by atoms with Crippen molar-refractivity contribution in [1.29, 1.82) is 0 Å². The molecule has 2 aliphatic heterocycles. The average molecular weight is 530 g/mol. The number of anilines is 2. The fraction of sp³-hybridized carbons (Fsp3) is 0.286. The number of likely N-dealkylation sites (N-methyl/N-ethyl adjacent to an activating group) is 1. The van der Waals surface area contributed by atoms with Gasteiger partial charge in [0.2, 0.25) is 0 Å². The van der Waals surface area contributed by atoms with Gasteiger partial charge in [-0.1, -0.05) is 17.7 Å². The standard InChI is InChI=1S/C28H28ClN7O2/c1-36-27(38-17-28(36)9-12-30-13-10-28)35-19-5-7-24-22(14-19)26(33-18-32-24)34-20-6-8-25(23(29)15-20)37-16-21-4-2-3-11-31-21/h2-8,11,14-15,18,30H,9-10,12-13,16-17H2,1H3,(H,32,33,34)/b35-27-. The molecular formula is C28H28ClN7O2. The first-order valence-electron chi connectivity index (χ1n) is 12.6. The summed E-state index contributed by atoms with van der Waals surface area (Å²) in [5.74, 6) is 1.24. The summed E-state index contributed by atoms with van der Waals surface area (Å²) >= 11 is 6.52. The number of pyridine rings is 1. The van der Waals surface area contributed by atoms with Gasteiger partial charge in [0, 0.05) is 24.3 Å². The van der Waals surface area contributed by atoms with Crippen LogP contribution in [0.25, 0.3) is 10.9 Å². The molecule has 2 aliphatic rings. The summed E-state index contributed by atoms with van der Waals surface area (Å²) in [6.07, 6.45) is 5.35. The second kappa shape index (κ2) is 10.4. The SMILES string of the molecule is CN1/C(=N/c2ccc3ncnc(Nc4ccc(OCc5ccccn5)c(Cl)c4)c3c2)OCC12CCNCC2. The maximum absolute atomic E-state index is 6.52. The molecule has 10 heteroatoms. The molecule has 4 heterocycles. The average Bonchev–Trinajstić information content (AvgIpc) is 3.23. The van der Waals surface area contributed by atoms with E-state index in [9.17, 15) is 0 Å². The fourth-order valence-corrected chi connectivity index (χ4v) is 5.10. The highest BCUT2D eigenvalue weighted by Crippen LogP contribution is 2.34. The van der Waals surface area contributed by atoms with E-state index in [0.717, 1.165) is 53.9 Å². The second-order valence-corrected chi connectivity index (χ2v) is 9.93. The molecule has 2 saturated heterocycles. The summed E-state index contributed by atoms with van der Waals surface area (Å²) in [7, 11) is 2.07. The van der Waals surface area contributed by atoms with Crippen LogP contribution in [0.1, 0.15) is 18.5 Å². The van der Waals surface area contributed by atoms with Crippen LogP contribution < -0.4 is 15.4 Å². The maximum Gasteiger partial charge on any atom is 0.292 e. The summed E-state index contributed by atoms with van der Waals surface area (Å²) in [4.78, 5) is 20.2. The number of benzene rings is 2. The lowest BCUT2D eigenvalue weighted by Gasteiger charge is -2.37. The minimum atomic E-state index is 0.0174. The number of piperidine rings is 1. The normalized spacial score (nSPS) is 17.6. The van der Waals surface area contributed by atoms with Gasteiger partial charge in [0.25, 0.3) is 6.02 Å². The third-order valence-electron chi connectivity index (χ3n) is 7.14. The van der Waals surface area contributed by atoms with Gasteiger partial charge in [0.15, 0.2) is 0 Å². The van der Waals surface area contributed by atoms with Crippen molar-refractivity contribution in [2.24, 2.45) is 4.99 Å². The first kappa shape index (κ1) is 24.4. The number of halogens is 1. The number of nitrogens with zero attached hydrogens (tertiary/aromatic N) is 5. The van der Waals surface area contributed by atoms with Gasteiger partial charge in [-0.2, -0.15) is 4.99 Å².